The average molecular weight is 491 g/mol. The van der Waals surface area contributed by atoms with E-state index in [0.29, 0.717) is 19.4 Å². The zero-order valence-corrected chi connectivity index (χ0v) is 21.0. The van der Waals surface area contributed by atoms with E-state index in [1.165, 1.54) is 0 Å². The molecule has 2 heterocycles. The minimum absolute atomic E-state index is 0.146. The number of ether oxygens (including phenoxy) is 1. The van der Waals surface area contributed by atoms with Gasteiger partial charge in [-0.05, 0) is 50.9 Å². The molecule has 1 aliphatic heterocycles. The molecule has 1 fully saturated rings. The van der Waals surface area contributed by atoms with Crippen LogP contribution in [0.5, 0.6) is 0 Å². The van der Waals surface area contributed by atoms with Gasteiger partial charge in [-0.25, -0.2) is 0 Å². The summed E-state index contributed by atoms with van der Waals surface area (Å²) in [5, 5.41) is 9.71. The molecule has 2 amide bonds. The van der Waals surface area contributed by atoms with Gasteiger partial charge in [0.05, 0.1) is 18.7 Å². The Balaban J connectivity index is 1.54. The number of benzene rings is 2. The maximum atomic E-state index is 13.6. The molecule has 0 spiro atoms. The summed E-state index contributed by atoms with van der Waals surface area (Å²) in [7, 11) is 1.69. The molecule has 4 atom stereocenters. The molecule has 1 saturated heterocycles. The third-order valence-electron chi connectivity index (χ3n) is 6.85. The van der Waals surface area contributed by atoms with Gasteiger partial charge in [-0.2, -0.15) is 0 Å². The van der Waals surface area contributed by atoms with Gasteiger partial charge in [-0.15, -0.1) is 0 Å². The monoisotopic (exact) mass is 490 g/mol. The van der Waals surface area contributed by atoms with Crippen LogP contribution in [-0.2, 0) is 32.0 Å². The minimum Gasteiger partial charge on any atom is -0.361 e. The number of fused-ring (bicyclic) bond motifs is 1. The summed E-state index contributed by atoms with van der Waals surface area (Å²) >= 11 is 0. The molecule has 3 unspecified atom stereocenters. The zero-order chi connectivity index (χ0) is 25.7. The first kappa shape index (κ1) is 25.6. The summed E-state index contributed by atoms with van der Waals surface area (Å²) < 4.78 is 5.39. The highest BCUT2D eigenvalue weighted by Crippen LogP contribution is 2.29. The molecule has 2 aromatic carbocycles. The van der Waals surface area contributed by atoms with Crippen LogP contribution in [0.3, 0.4) is 0 Å². The molecule has 4 N–H and O–H groups in total. The van der Waals surface area contributed by atoms with E-state index in [2.05, 4.69) is 20.9 Å². The van der Waals surface area contributed by atoms with Crippen molar-refractivity contribution in [3.8, 4) is 0 Å². The van der Waals surface area contributed by atoms with E-state index < -0.39 is 29.6 Å². The van der Waals surface area contributed by atoms with Crippen LogP contribution >= 0.6 is 0 Å². The Hall–Kier alpha value is -3.49. The summed E-state index contributed by atoms with van der Waals surface area (Å²) in [5.74, 6) is -0.831. The number of H-pyrrole nitrogens is 1. The summed E-state index contributed by atoms with van der Waals surface area (Å²) in [6.45, 7) is 3.82. The number of aromatic amines is 1. The normalized spacial score (nSPS) is 19.3. The molecule has 3 aromatic rings. The lowest BCUT2D eigenvalue weighted by molar-refractivity contribution is -0.133. The van der Waals surface area contributed by atoms with Gasteiger partial charge in [0.1, 0.15) is 11.6 Å². The van der Waals surface area contributed by atoms with E-state index in [9.17, 15) is 14.4 Å². The van der Waals surface area contributed by atoms with Crippen LogP contribution in [0.1, 0.15) is 31.4 Å². The van der Waals surface area contributed by atoms with E-state index in [-0.39, 0.29) is 18.1 Å². The number of para-hydroxylation sites is 1. The van der Waals surface area contributed by atoms with Gasteiger partial charge >= 0.3 is 0 Å². The highest BCUT2D eigenvalue weighted by molar-refractivity contribution is 5.98. The van der Waals surface area contributed by atoms with Gasteiger partial charge in [0.2, 0.25) is 11.8 Å². The lowest BCUT2D eigenvalue weighted by Crippen LogP contribution is -2.56. The molecule has 0 radical (unpaired) electrons. The number of aryl methyl sites for hydroxylation is 1. The third-order valence-corrected chi connectivity index (χ3v) is 6.85. The molecular formula is C28H34N4O4. The van der Waals surface area contributed by atoms with E-state index >= 15 is 0 Å². The molecule has 36 heavy (non-hydrogen) atoms. The summed E-state index contributed by atoms with van der Waals surface area (Å²) in [4.78, 5) is 42.8. The Labute approximate surface area is 211 Å². The van der Waals surface area contributed by atoms with Crippen molar-refractivity contribution in [2.24, 2.45) is 0 Å². The number of aromatic nitrogens is 1. The second-order valence-electron chi connectivity index (χ2n) is 9.60. The van der Waals surface area contributed by atoms with Gasteiger partial charge < -0.3 is 25.7 Å². The van der Waals surface area contributed by atoms with Gasteiger partial charge in [0.25, 0.3) is 0 Å². The highest BCUT2D eigenvalue weighted by atomic mass is 16.6. The number of hydrogen-bond acceptors (Lipinski definition) is 5. The predicted molar refractivity (Wildman–Crippen MR) is 139 cm³/mol. The van der Waals surface area contributed by atoms with Crippen LogP contribution in [0.2, 0.25) is 0 Å². The molecule has 0 saturated carbocycles. The van der Waals surface area contributed by atoms with Crippen LogP contribution in [0.25, 0.3) is 10.9 Å². The molecular weight excluding hydrogens is 456 g/mol. The topological polar surface area (TPSA) is 116 Å². The lowest BCUT2D eigenvalue weighted by Gasteiger charge is -2.25. The molecule has 1 aromatic heterocycles. The Morgan fingerprint density at radius 2 is 1.67 bits per heavy atom. The van der Waals surface area contributed by atoms with Crippen molar-refractivity contribution in [1.29, 1.82) is 0 Å². The standard InChI is InChI=1S/C28H34N4O4/c1-18(29-3)26(34)32-24(15-20-16-30-22-12-8-7-11-21(20)22)27(35)31-23(25(33)28(2)17-36-28)14-13-19-9-5-4-6-10-19/h4-12,16,18,23-24,29-30H,13-15,17H2,1-3H3,(H,31,35)(H,32,34)/t18?,23?,24-,28?/m0/s1. The Bertz CT molecular complexity index is 1220. The fourth-order valence-electron chi connectivity index (χ4n) is 4.27. The first-order valence-corrected chi connectivity index (χ1v) is 12.4. The quantitative estimate of drug-likeness (QED) is 0.291. The predicted octanol–water partition coefficient (Wildman–Crippen LogP) is 2.28. The maximum Gasteiger partial charge on any atom is 0.243 e. The number of epoxide rings is 1. The summed E-state index contributed by atoms with van der Waals surface area (Å²) in [5.41, 5.74) is 2.08. The van der Waals surface area contributed by atoms with Crippen molar-refractivity contribution in [3.05, 3.63) is 71.9 Å². The van der Waals surface area contributed by atoms with E-state index in [4.69, 9.17) is 4.74 Å². The molecule has 8 heteroatoms. The Morgan fingerprint density at radius 1 is 1.00 bits per heavy atom. The number of ketones is 1. The second kappa shape index (κ2) is 11.1. The van der Waals surface area contributed by atoms with Crippen molar-refractivity contribution < 1.29 is 19.1 Å². The van der Waals surface area contributed by atoms with Gasteiger partial charge in [-0.3, -0.25) is 14.4 Å². The first-order valence-electron chi connectivity index (χ1n) is 12.4. The Kier molecular flexibility index (Phi) is 7.86. The maximum absolute atomic E-state index is 13.6. The van der Waals surface area contributed by atoms with Crippen molar-refractivity contribution in [1.82, 2.24) is 20.9 Å². The number of hydrogen-bond donors (Lipinski definition) is 4. The van der Waals surface area contributed by atoms with Crippen LogP contribution in [0, 0.1) is 0 Å². The van der Waals surface area contributed by atoms with Crippen molar-refractivity contribution in [2.75, 3.05) is 13.7 Å². The summed E-state index contributed by atoms with van der Waals surface area (Å²) in [6, 6.07) is 15.6. The van der Waals surface area contributed by atoms with E-state index in [1.54, 1.807) is 20.9 Å². The SMILES string of the molecule is CNC(C)C(=O)N[C@@H](Cc1c[nH]c2ccccc12)C(=O)NC(CCc1ccccc1)C(=O)C1(C)CO1. The fourth-order valence-corrected chi connectivity index (χ4v) is 4.27. The van der Waals surface area contributed by atoms with Crippen LogP contribution in [-0.4, -0.2) is 60.0 Å². The molecule has 0 aliphatic carbocycles. The Morgan fingerprint density at radius 3 is 2.36 bits per heavy atom. The van der Waals surface area contributed by atoms with Gasteiger partial charge in [-0.1, -0.05) is 48.5 Å². The molecule has 0 bridgehead atoms. The molecule has 1 aliphatic rings. The van der Waals surface area contributed by atoms with Crippen LogP contribution in [0.15, 0.2) is 60.8 Å². The highest BCUT2D eigenvalue weighted by Gasteiger charge is 2.50. The van der Waals surface area contributed by atoms with Crippen molar-refractivity contribution in [3.63, 3.8) is 0 Å². The minimum atomic E-state index is -0.870. The smallest absolute Gasteiger partial charge is 0.243 e. The second-order valence-corrected chi connectivity index (χ2v) is 9.60. The van der Waals surface area contributed by atoms with E-state index in [1.807, 2.05) is 60.8 Å². The van der Waals surface area contributed by atoms with Crippen molar-refractivity contribution >= 4 is 28.5 Å². The number of amides is 2. The van der Waals surface area contributed by atoms with E-state index in [0.717, 1.165) is 22.0 Å². The number of carbonyl (C=O) groups excluding carboxylic acids is 3. The average Bonchev–Trinajstić information content (AvgIpc) is 3.53. The summed E-state index contributed by atoms with van der Waals surface area (Å²) in [6.07, 6.45) is 3.21. The lowest BCUT2D eigenvalue weighted by atomic mass is 9.94. The fraction of sp³-hybridized carbons (Fsp3) is 0.393. The number of carbonyl (C=O) groups is 3. The largest absolute Gasteiger partial charge is 0.361 e. The van der Waals surface area contributed by atoms with Gasteiger partial charge in [0.15, 0.2) is 5.78 Å². The number of nitrogens with one attached hydrogen (secondary N) is 4. The molecule has 8 nitrogen and oxygen atoms in total. The number of Topliss-reactive ketones (excluding diaryl/α,β-unsaturated/α-hetero) is 1. The van der Waals surface area contributed by atoms with Gasteiger partial charge in [0, 0.05) is 23.5 Å². The molecule has 4 rings (SSSR count). The number of likely N-dealkylation sites (N-methyl/N-ethyl adjacent to an activating group) is 1. The first-order chi connectivity index (χ1) is 17.3. The molecule has 190 valence electrons. The van der Waals surface area contributed by atoms with Crippen LogP contribution < -0.4 is 16.0 Å². The van der Waals surface area contributed by atoms with Crippen LogP contribution in [0.4, 0.5) is 0 Å². The van der Waals surface area contributed by atoms with Crippen molar-refractivity contribution in [2.45, 2.75) is 56.8 Å². The zero-order valence-electron chi connectivity index (χ0n) is 21.0. The third kappa shape index (κ3) is 6.01. The number of rotatable bonds is 12.